The lowest BCUT2D eigenvalue weighted by Gasteiger charge is -2.36. The maximum atomic E-state index is 12.8. The van der Waals surface area contributed by atoms with E-state index in [0.717, 1.165) is 22.5 Å². The summed E-state index contributed by atoms with van der Waals surface area (Å²) in [6.07, 6.45) is 0. The summed E-state index contributed by atoms with van der Waals surface area (Å²) in [7, 11) is 0. The Morgan fingerprint density at radius 2 is 1.83 bits per heavy atom. The maximum Gasteiger partial charge on any atom is 0.322 e. The zero-order valence-electron chi connectivity index (χ0n) is 19.5. The van der Waals surface area contributed by atoms with Crippen LogP contribution in [0.4, 0.5) is 27.9 Å². The number of carbonyl (C=O) groups is 1. The minimum atomic E-state index is -0.214. The van der Waals surface area contributed by atoms with Crippen molar-refractivity contribution in [3.8, 4) is 5.75 Å². The van der Waals surface area contributed by atoms with Crippen molar-refractivity contribution in [1.29, 1.82) is 0 Å². The Morgan fingerprint density at radius 1 is 1.06 bits per heavy atom. The van der Waals surface area contributed by atoms with Gasteiger partial charge in [-0.05, 0) is 48.5 Å². The predicted molar refractivity (Wildman–Crippen MR) is 141 cm³/mol. The maximum absolute atomic E-state index is 12.8. The topological polar surface area (TPSA) is 103 Å². The number of carbonyl (C=O) groups excluding carboxylic acids is 1. The van der Waals surface area contributed by atoms with Gasteiger partial charge in [-0.15, -0.1) is 0 Å². The molecule has 0 saturated carbocycles. The SMILES string of the molecule is O=C(Nc1cc(OCCO)ccc1Cl)N1CCN(c2ccc(Nc3nc4ccccc4o3)cc2)CC1. The smallest absolute Gasteiger partial charge is 0.322 e. The second-order valence-electron chi connectivity index (χ2n) is 8.28. The molecule has 0 spiro atoms. The second-order valence-corrected chi connectivity index (χ2v) is 8.68. The van der Waals surface area contributed by atoms with Gasteiger partial charge in [0.2, 0.25) is 0 Å². The predicted octanol–water partition coefficient (Wildman–Crippen LogP) is 4.95. The normalized spacial score (nSPS) is 13.6. The number of oxazole rings is 1. The van der Waals surface area contributed by atoms with Gasteiger partial charge in [0.25, 0.3) is 6.01 Å². The van der Waals surface area contributed by atoms with Gasteiger partial charge in [-0.2, -0.15) is 4.98 Å². The number of piperazine rings is 1. The molecule has 1 aromatic heterocycles. The summed E-state index contributed by atoms with van der Waals surface area (Å²) in [5.74, 6) is 0.530. The lowest BCUT2D eigenvalue weighted by atomic mass is 10.2. The first-order chi connectivity index (χ1) is 17.6. The van der Waals surface area contributed by atoms with Crippen molar-refractivity contribution >= 4 is 51.8 Å². The molecule has 1 aliphatic heterocycles. The number of halogens is 1. The van der Waals surface area contributed by atoms with Gasteiger partial charge in [-0.1, -0.05) is 23.7 Å². The highest BCUT2D eigenvalue weighted by Crippen LogP contribution is 2.28. The molecule has 1 saturated heterocycles. The molecule has 1 fully saturated rings. The van der Waals surface area contributed by atoms with E-state index in [9.17, 15) is 4.79 Å². The van der Waals surface area contributed by atoms with Gasteiger partial charge < -0.3 is 34.7 Å². The van der Waals surface area contributed by atoms with E-state index < -0.39 is 0 Å². The minimum Gasteiger partial charge on any atom is -0.491 e. The Labute approximate surface area is 213 Å². The van der Waals surface area contributed by atoms with Crippen molar-refractivity contribution in [2.45, 2.75) is 0 Å². The summed E-state index contributed by atoms with van der Waals surface area (Å²) in [5.41, 5.74) is 3.98. The number of hydrogen-bond acceptors (Lipinski definition) is 7. The molecule has 5 rings (SSSR count). The molecule has 10 heteroatoms. The van der Waals surface area contributed by atoms with Gasteiger partial charge in [0.05, 0.1) is 17.3 Å². The van der Waals surface area contributed by atoms with Crippen molar-refractivity contribution in [2.24, 2.45) is 0 Å². The first-order valence-corrected chi connectivity index (χ1v) is 12.0. The van der Waals surface area contributed by atoms with Crippen LogP contribution < -0.4 is 20.3 Å². The summed E-state index contributed by atoms with van der Waals surface area (Å²) < 4.78 is 11.1. The van der Waals surface area contributed by atoms with Crippen LogP contribution in [0.15, 0.2) is 71.1 Å². The van der Waals surface area contributed by atoms with E-state index in [4.69, 9.17) is 25.9 Å². The molecule has 0 aliphatic carbocycles. The van der Waals surface area contributed by atoms with Crippen molar-refractivity contribution in [3.63, 3.8) is 0 Å². The van der Waals surface area contributed by atoms with E-state index in [1.54, 1.807) is 23.1 Å². The van der Waals surface area contributed by atoms with Gasteiger partial charge in [-0.3, -0.25) is 0 Å². The van der Waals surface area contributed by atoms with Crippen molar-refractivity contribution in [2.75, 3.05) is 54.9 Å². The average Bonchev–Trinajstić information content (AvgIpc) is 3.32. The average molecular weight is 508 g/mol. The first kappa shape index (κ1) is 23.8. The van der Waals surface area contributed by atoms with E-state index in [2.05, 4.69) is 20.5 Å². The summed E-state index contributed by atoms with van der Waals surface area (Å²) in [4.78, 5) is 21.2. The summed E-state index contributed by atoms with van der Waals surface area (Å²) in [6, 6.07) is 20.9. The van der Waals surface area contributed by atoms with Gasteiger partial charge in [-0.25, -0.2) is 4.79 Å². The standard InChI is InChI=1S/C26H26ClN5O4/c27-21-10-9-20(35-16-15-33)17-23(21)30-26(34)32-13-11-31(12-14-32)19-7-5-18(6-8-19)28-25-29-22-3-1-2-4-24(22)36-25/h1-10,17,33H,11-16H2,(H,28,29)(H,30,34). The largest absolute Gasteiger partial charge is 0.491 e. The number of para-hydroxylation sites is 2. The van der Waals surface area contributed by atoms with Gasteiger partial charge in [0.15, 0.2) is 5.58 Å². The zero-order chi connectivity index (χ0) is 24.9. The van der Waals surface area contributed by atoms with Crippen LogP contribution in [-0.4, -0.2) is 60.4 Å². The summed E-state index contributed by atoms with van der Waals surface area (Å²) in [5, 5.41) is 15.4. The van der Waals surface area contributed by atoms with Crippen LogP contribution in [0.5, 0.6) is 5.75 Å². The molecule has 9 nitrogen and oxygen atoms in total. The lowest BCUT2D eigenvalue weighted by molar-refractivity contribution is 0.201. The highest BCUT2D eigenvalue weighted by molar-refractivity contribution is 6.33. The Morgan fingerprint density at radius 3 is 2.58 bits per heavy atom. The molecule has 0 unspecified atom stereocenters. The Balaban J connectivity index is 1.15. The highest BCUT2D eigenvalue weighted by Gasteiger charge is 2.22. The Bertz CT molecular complexity index is 1300. The molecule has 0 bridgehead atoms. The van der Waals surface area contributed by atoms with E-state index >= 15 is 0 Å². The van der Waals surface area contributed by atoms with Crippen molar-refractivity contribution in [1.82, 2.24) is 9.88 Å². The molecule has 36 heavy (non-hydrogen) atoms. The molecule has 1 aliphatic rings. The van der Waals surface area contributed by atoms with Crippen LogP contribution in [0, 0.1) is 0 Å². The number of rotatable bonds is 7. The second kappa shape index (κ2) is 10.8. The number of aromatic nitrogens is 1. The molecular formula is C26H26ClN5O4. The monoisotopic (exact) mass is 507 g/mol. The van der Waals surface area contributed by atoms with Gasteiger partial charge in [0.1, 0.15) is 17.9 Å². The molecule has 2 amide bonds. The fourth-order valence-electron chi connectivity index (χ4n) is 4.02. The first-order valence-electron chi connectivity index (χ1n) is 11.7. The van der Waals surface area contributed by atoms with Crippen molar-refractivity contribution < 1.29 is 19.1 Å². The van der Waals surface area contributed by atoms with E-state index in [1.165, 1.54) is 0 Å². The lowest BCUT2D eigenvalue weighted by Crippen LogP contribution is -2.50. The number of ether oxygens (including phenoxy) is 1. The summed E-state index contributed by atoms with van der Waals surface area (Å²) in [6.45, 7) is 2.65. The van der Waals surface area contributed by atoms with Crippen LogP contribution in [0.2, 0.25) is 5.02 Å². The number of anilines is 4. The van der Waals surface area contributed by atoms with Gasteiger partial charge in [0, 0.05) is 43.6 Å². The number of aliphatic hydroxyl groups excluding tert-OH is 1. The molecule has 186 valence electrons. The highest BCUT2D eigenvalue weighted by atomic mass is 35.5. The molecule has 3 N–H and O–H groups in total. The number of nitrogens with one attached hydrogen (secondary N) is 2. The van der Waals surface area contributed by atoms with Crippen molar-refractivity contribution in [3.05, 3.63) is 71.8 Å². The minimum absolute atomic E-state index is 0.0909. The zero-order valence-corrected chi connectivity index (χ0v) is 20.2. The van der Waals surface area contributed by atoms with Gasteiger partial charge >= 0.3 is 6.03 Å². The third-order valence-electron chi connectivity index (χ3n) is 5.88. The summed E-state index contributed by atoms with van der Waals surface area (Å²) >= 11 is 6.24. The molecule has 0 radical (unpaired) electrons. The Hall–Kier alpha value is -3.95. The fourth-order valence-corrected chi connectivity index (χ4v) is 4.18. The number of urea groups is 1. The number of aliphatic hydroxyl groups is 1. The number of fused-ring (bicyclic) bond motifs is 1. The molecule has 0 atom stereocenters. The van der Waals surface area contributed by atoms with Crippen LogP contribution in [-0.2, 0) is 0 Å². The van der Waals surface area contributed by atoms with E-state index in [-0.39, 0.29) is 19.2 Å². The third kappa shape index (κ3) is 5.48. The Kier molecular flexibility index (Phi) is 7.11. The third-order valence-corrected chi connectivity index (χ3v) is 6.21. The molecular weight excluding hydrogens is 482 g/mol. The number of nitrogens with zero attached hydrogens (tertiary/aromatic N) is 3. The van der Waals surface area contributed by atoms with E-state index in [0.29, 0.717) is 48.7 Å². The number of amides is 2. The number of benzene rings is 3. The molecule has 4 aromatic rings. The molecule has 2 heterocycles. The van der Waals surface area contributed by atoms with E-state index in [1.807, 2.05) is 48.5 Å². The van der Waals surface area contributed by atoms with Crippen LogP contribution in [0.1, 0.15) is 0 Å². The quantitative estimate of drug-likeness (QED) is 0.325. The molecule has 3 aromatic carbocycles. The van der Waals surface area contributed by atoms with Crippen LogP contribution >= 0.6 is 11.6 Å². The van der Waals surface area contributed by atoms with Crippen LogP contribution in [0.3, 0.4) is 0 Å². The fraction of sp³-hybridized carbons (Fsp3) is 0.231. The van der Waals surface area contributed by atoms with Crippen LogP contribution in [0.25, 0.3) is 11.1 Å². The number of hydrogen-bond donors (Lipinski definition) is 3.